The molecule has 0 spiro atoms. The van der Waals surface area contributed by atoms with Gasteiger partial charge in [0.05, 0.1) is 11.7 Å². The van der Waals surface area contributed by atoms with Gasteiger partial charge < -0.3 is 5.32 Å². The molecule has 1 unspecified atom stereocenters. The molecule has 1 atom stereocenters. The molecule has 1 amide bonds. The normalized spacial score (nSPS) is 14.8. The number of fused-ring (bicyclic) bond motifs is 3. The molecule has 0 fully saturated rings. The van der Waals surface area contributed by atoms with E-state index >= 15 is 0 Å². The third kappa shape index (κ3) is 3.08. The van der Waals surface area contributed by atoms with Gasteiger partial charge in [-0.2, -0.15) is 0 Å². The van der Waals surface area contributed by atoms with Crippen molar-refractivity contribution >= 4 is 33.1 Å². The number of hydrogen-bond donors (Lipinski definition) is 1. The summed E-state index contributed by atoms with van der Waals surface area (Å²) in [5, 5.41) is 3.67. The third-order valence-corrected chi connectivity index (χ3v) is 6.76. The van der Waals surface area contributed by atoms with Crippen molar-refractivity contribution in [1.29, 1.82) is 0 Å². The topological polar surface area (TPSA) is 64.0 Å². The molecular weight excluding hydrogens is 358 g/mol. The van der Waals surface area contributed by atoms with E-state index < -0.39 is 6.04 Å². The van der Waals surface area contributed by atoms with E-state index in [0.29, 0.717) is 5.39 Å². The van der Waals surface area contributed by atoms with Gasteiger partial charge >= 0.3 is 0 Å². The summed E-state index contributed by atoms with van der Waals surface area (Å²) in [5.41, 5.74) is 3.97. The zero-order chi connectivity index (χ0) is 19.1. The van der Waals surface area contributed by atoms with Gasteiger partial charge in [0.25, 0.3) is 5.56 Å². The molecule has 1 N–H and O–H groups in total. The van der Waals surface area contributed by atoms with Gasteiger partial charge in [0, 0.05) is 10.6 Å². The molecule has 140 valence electrons. The van der Waals surface area contributed by atoms with Crippen molar-refractivity contribution in [2.75, 3.05) is 5.32 Å². The van der Waals surface area contributed by atoms with Crippen LogP contribution in [0, 0.1) is 13.8 Å². The number of benzene rings is 1. The SMILES string of the molecule is Cc1cccc(NC(=O)C(C)n2cnc3sc4c(c3c2=O)CCCC4)c1C. The smallest absolute Gasteiger partial charge is 0.263 e. The van der Waals surface area contributed by atoms with Gasteiger partial charge in [0.2, 0.25) is 5.91 Å². The Morgan fingerprint density at radius 3 is 2.85 bits per heavy atom. The monoisotopic (exact) mass is 381 g/mol. The van der Waals surface area contributed by atoms with E-state index in [2.05, 4.69) is 10.3 Å². The number of thiophene rings is 1. The fourth-order valence-electron chi connectivity index (χ4n) is 3.69. The Balaban J connectivity index is 1.69. The number of hydrogen-bond acceptors (Lipinski definition) is 4. The Hall–Kier alpha value is -2.47. The van der Waals surface area contributed by atoms with Gasteiger partial charge in [-0.05, 0) is 69.2 Å². The maximum Gasteiger partial charge on any atom is 0.263 e. The van der Waals surface area contributed by atoms with Gasteiger partial charge in [-0.15, -0.1) is 11.3 Å². The van der Waals surface area contributed by atoms with E-state index in [1.54, 1.807) is 18.3 Å². The first-order chi connectivity index (χ1) is 13.0. The van der Waals surface area contributed by atoms with Gasteiger partial charge in [-0.3, -0.25) is 14.2 Å². The number of carbonyl (C=O) groups excluding carboxylic acids is 1. The highest BCUT2D eigenvalue weighted by Gasteiger charge is 2.23. The Kier molecular flexibility index (Phi) is 4.60. The van der Waals surface area contributed by atoms with E-state index in [0.717, 1.165) is 46.5 Å². The summed E-state index contributed by atoms with van der Waals surface area (Å²) >= 11 is 1.62. The summed E-state index contributed by atoms with van der Waals surface area (Å²) in [6.07, 6.45) is 5.75. The van der Waals surface area contributed by atoms with E-state index in [9.17, 15) is 9.59 Å². The van der Waals surface area contributed by atoms with Crippen LogP contribution in [0.25, 0.3) is 10.2 Å². The Morgan fingerprint density at radius 1 is 1.26 bits per heavy atom. The van der Waals surface area contributed by atoms with Crippen LogP contribution in [0.3, 0.4) is 0 Å². The highest BCUT2D eigenvalue weighted by atomic mass is 32.1. The molecule has 3 aromatic rings. The second kappa shape index (κ2) is 6.93. The van der Waals surface area contributed by atoms with Gasteiger partial charge in [-0.1, -0.05) is 12.1 Å². The first-order valence-electron chi connectivity index (χ1n) is 9.36. The molecule has 0 bridgehead atoms. The number of anilines is 1. The first kappa shape index (κ1) is 17.9. The second-order valence-corrected chi connectivity index (χ2v) is 8.34. The number of nitrogens with one attached hydrogen (secondary N) is 1. The molecule has 2 heterocycles. The molecule has 1 aliphatic rings. The van der Waals surface area contributed by atoms with Crippen LogP contribution in [0.2, 0.25) is 0 Å². The average Bonchev–Trinajstić information content (AvgIpc) is 3.04. The average molecular weight is 382 g/mol. The minimum Gasteiger partial charge on any atom is -0.324 e. The lowest BCUT2D eigenvalue weighted by Crippen LogP contribution is -2.32. The largest absolute Gasteiger partial charge is 0.324 e. The fraction of sp³-hybridized carbons (Fsp3) is 0.381. The summed E-state index contributed by atoms with van der Waals surface area (Å²) < 4.78 is 1.46. The molecule has 1 aromatic carbocycles. The van der Waals surface area contributed by atoms with E-state index in [1.807, 2.05) is 32.0 Å². The zero-order valence-corrected chi connectivity index (χ0v) is 16.7. The van der Waals surface area contributed by atoms with Crippen LogP contribution in [0.5, 0.6) is 0 Å². The number of aryl methyl sites for hydroxylation is 3. The van der Waals surface area contributed by atoms with Crippen molar-refractivity contribution < 1.29 is 4.79 Å². The minimum absolute atomic E-state index is 0.108. The van der Waals surface area contributed by atoms with Crippen molar-refractivity contribution in [1.82, 2.24) is 9.55 Å². The lowest BCUT2D eigenvalue weighted by molar-refractivity contribution is -0.118. The summed E-state index contributed by atoms with van der Waals surface area (Å²) in [6.45, 7) is 5.73. The predicted molar refractivity (Wildman–Crippen MR) is 110 cm³/mol. The predicted octanol–water partition coefficient (Wildman–Crippen LogP) is 4.15. The van der Waals surface area contributed by atoms with Crippen molar-refractivity contribution in [3.63, 3.8) is 0 Å². The zero-order valence-electron chi connectivity index (χ0n) is 15.8. The highest BCUT2D eigenvalue weighted by Crippen LogP contribution is 2.33. The standard InChI is InChI=1S/C21H23N3O2S/c1-12-7-6-9-16(13(12)2)23-19(25)14(3)24-11-22-20-18(21(24)26)15-8-4-5-10-17(15)27-20/h6-7,9,11,14H,4-5,8,10H2,1-3H3,(H,23,25). The minimum atomic E-state index is -0.631. The molecule has 0 aliphatic heterocycles. The van der Waals surface area contributed by atoms with Crippen LogP contribution in [0.4, 0.5) is 5.69 Å². The fourth-order valence-corrected chi connectivity index (χ4v) is 4.90. The maximum absolute atomic E-state index is 13.1. The van der Waals surface area contributed by atoms with Crippen molar-refractivity contribution in [2.24, 2.45) is 0 Å². The van der Waals surface area contributed by atoms with E-state index in [1.165, 1.54) is 22.2 Å². The van der Waals surface area contributed by atoms with Gasteiger partial charge in [0.1, 0.15) is 10.9 Å². The van der Waals surface area contributed by atoms with Crippen molar-refractivity contribution in [3.8, 4) is 0 Å². The molecule has 27 heavy (non-hydrogen) atoms. The molecule has 2 aromatic heterocycles. The summed E-state index contributed by atoms with van der Waals surface area (Å²) in [7, 11) is 0. The molecule has 5 nitrogen and oxygen atoms in total. The summed E-state index contributed by atoms with van der Waals surface area (Å²) in [6, 6.07) is 5.18. The molecule has 0 saturated heterocycles. The molecular formula is C21H23N3O2S. The molecule has 1 aliphatic carbocycles. The Bertz CT molecular complexity index is 1100. The maximum atomic E-state index is 13.1. The Labute approximate surface area is 162 Å². The molecule has 0 saturated carbocycles. The van der Waals surface area contributed by atoms with Gasteiger partial charge in [-0.25, -0.2) is 4.98 Å². The van der Waals surface area contributed by atoms with E-state index in [4.69, 9.17) is 0 Å². The molecule has 0 radical (unpaired) electrons. The van der Waals surface area contributed by atoms with Crippen LogP contribution in [-0.4, -0.2) is 15.5 Å². The quantitative estimate of drug-likeness (QED) is 0.741. The number of aromatic nitrogens is 2. The number of nitrogens with zero attached hydrogens (tertiary/aromatic N) is 2. The number of carbonyl (C=O) groups is 1. The van der Waals surface area contributed by atoms with Crippen LogP contribution < -0.4 is 10.9 Å². The lowest BCUT2D eigenvalue weighted by Gasteiger charge is -2.17. The van der Waals surface area contributed by atoms with Crippen LogP contribution in [0.15, 0.2) is 29.3 Å². The summed E-state index contributed by atoms with van der Waals surface area (Å²) in [5.74, 6) is -0.212. The van der Waals surface area contributed by atoms with Crippen molar-refractivity contribution in [3.05, 3.63) is 56.4 Å². The van der Waals surface area contributed by atoms with Gasteiger partial charge in [0.15, 0.2) is 0 Å². The van der Waals surface area contributed by atoms with Crippen molar-refractivity contribution in [2.45, 2.75) is 52.5 Å². The second-order valence-electron chi connectivity index (χ2n) is 7.26. The van der Waals surface area contributed by atoms with Crippen LogP contribution in [-0.2, 0) is 17.6 Å². The number of rotatable bonds is 3. The lowest BCUT2D eigenvalue weighted by atomic mass is 9.97. The summed E-state index contributed by atoms with van der Waals surface area (Å²) in [4.78, 5) is 32.5. The molecule has 4 rings (SSSR count). The first-order valence-corrected chi connectivity index (χ1v) is 10.2. The van der Waals surface area contributed by atoms with Crippen LogP contribution in [0.1, 0.15) is 47.4 Å². The number of amides is 1. The Morgan fingerprint density at radius 2 is 2.04 bits per heavy atom. The van der Waals surface area contributed by atoms with Crippen LogP contribution >= 0.6 is 11.3 Å². The highest BCUT2D eigenvalue weighted by molar-refractivity contribution is 7.18. The van der Waals surface area contributed by atoms with E-state index in [-0.39, 0.29) is 11.5 Å². The third-order valence-electron chi connectivity index (χ3n) is 5.56. The molecule has 6 heteroatoms.